The Morgan fingerprint density at radius 3 is 2.30 bits per heavy atom. The minimum atomic E-state index is 0.648. The Labute approximate surface area is 64.0 Å². The van der Waals surface area contributed by atoms with Gasteiger partial charge in [-0.2, -0.15) is 0 Å². The molecule has 10 heavy (non-hydrogen) atoms. The smallest absolute Gasteiger partial charge is 0.0260 e. The van der Waals surface area contributed by atoms with E-state index in [1.54, 1.807) is 6.08 Å². The third kappa shape index (κ3) is 4.13. The molecule has 0 unspecified atom stereocenters. The summed E-state index contributed by atoms with van der Waals surface area (Å²) in [4.78, 5) is 0. The van der Waals surface area contributed by atoms with Crippen LogP contribution in [0.4, 0.5) is 0 Å². The Kier molecular flexibility index (Phi) is 4.65. The molecule has 0 saturated heterocycles. The summed E-state index contributed by atoms with van der Waals surface area (Å²) < 4.78 is 0. The van der Waals surface area contributed by atoms with E-state index in [4.69, 9.17) is 0 Å². The molecule has 0 aromatic rings. The van der Waals surface area contributed by atoms with E-state index in [0.717, 1.165) is 0 Å². The van der Waals surface area contributed by atoms with E-state index < -0.39 is 0 Å². The molecule has 0 saturated carbocycles. The Hall–Kier alpha value is -0.780. The molecule has 0 fully saturated rings. The molecular weight excluding hydrogens is 120 g/mol. The average Bonchev–Trinajstić information content (AvgIpc) is 1.88. The summed E-state index contributed by atoms with van der Waals surface area (Å²) in [6.45, 7) is 10.1. The number of rotatable bonds is 3. The summed E-state index contributed by atoms with van der Waals surface area (Å²) in [5.74, 6) is 0.648. The summed E-state index contributed by atoms with van der Waals surface area (Å²) in [5.41, 5.74) is 1.40. The first-order chi connectivity index (χ1) is 4.68. The van der Waals surface area contributed by atoms with Crippen LogP contribution < -0.4 is 0 Å². The van der Waals surface area contributed by atoms with E-state index in [-0.39, 0.29) is 0 Å². The third-order valence-corrected chi connectivity index (χ3v) is 1.52. The number of allylic oxidation sites excluding steroid dienone is 5. The summed E-state index contributed by atoms with van der Waals surface area (Å²) in [6, 6.07) is 0. The van der Waals surface area contributed by atoms with E-state index in [9.17, 15) is 0 Å². The highest BCUT2D eigenvalue weighted by molar-refractivity contribution is 5.15. The minimum Gasteiger partial charge on any atom is -0.0991 e. The first-order valence-electron chi connectivity index (χ1n) is 3.64. The van der Waals surface area contributed by atoms with Gasteiger partial charge in [-0.15, -0.1) is 0 Å². The van der Waals surface area contributed by atoms with Gasteiger partial charge in [-0.05, 0) is 12.8 Å². The molecule has 0 spiro atoms. The van der Waals surface area contributed by atoms with E-state index >= 15 is 0 Å². The lowest BCUT2D eigenvalue weighted by atomic mass is 10.1. The van der Waals surface area contributed by atoms with Crippen LogP contribution in [0.1, 0.15) is 20.8 Å². The lowest BCUT2D eigenvalue weighted by molar-refractivity contribution is 0.769. The predicted molar refractivity (Wildman–Crippen MR) is 47.9 cm³/mol. The van der Waals surface area contributed by atoms with Crippen LogP contribution >= 0.6 is 0 Å². The van der Waals surface area contributed by atoms with Gasteiger partial charge >= 0.3 is 0 Å². The molecule has 0 radical (unpaired) electrons. The highest BCUT2D eigenvalue weighted by atomic mass is 14.0. The Bertz CT molecular complexity index is 147. The van der Waals surface area contributed by atoms with E-state index in [0.29, 0.717) is 5.92 Å². The highest BCUT2D eigenvalue weighted by Gasteiger charge is 1.91. The standard InChI is InChI=1S/C10H16/c1-5-6-7-8-10(4)9(2)3/h5-9H,1H2,2-4H3/b7-6-,10-8+. The fraction of sp³-hybridized carbons (Fsp3) is 0.400. The maximum absolute atomic E-state index is 3.59. The molecule has 0 aliphatic carbocycles. The van der Waals surface area contributed by atoms with Crippen LogP contribution in [-0.4, -0.2) is 0 Å². The first kappa shape index (κ1) is 9.22. The van der Waals surface area contributed by atoms with E-state index in [2.05, 4.69) is 33.4 Å². The van der Waals surface area contributed by atoms with E-state index in [1.807, 2.05) is 12.2 Å². The lowest BCUT2D eigenvalue weighted by Gasteiger charge is -2.01. The van der Waals surface area contributed by atoms with Crippen LogP contribution in [0.2, 0.25) is 0 Å². The van der Waals surface area contributed by atoms with Crippen molar-refractivity contribution in [2.75, 3.05) is 0 Å². The fourth-order valence-corrected chi connectivity index (χ4v) is 0.478. The van der Waals surface area contributed by atoms with Gasteiger partial charge in [0.25, 0.3) is 0 Å². The van der Waals surface area contributed by atoms with E-state index in [1.165, 1.54) is 5.57 Å². The molecule has 0 heterocycles. The zero-order valence-corrected chi connectivity index (χ0v) is 7.09. The summed E-state index contributed by atoms with van der Waals surface area (Å²) in [7, 11) is 0. The SMILES string of the molecule is C=C/C=C\C=C(/C)C(C)C. The number of hydrogen-bond donors (Lipinski definition) is 0. The van der Waals surface area contributed by atoms with Gasteiger partial charge in [-0.3, -0.25) is 0 Å². The molecule has 0 aromatic heterocycles. The molecule has 0 atom stereocenters. The average molecular weight is 136 g/mol. The topological polar surface area (TPSA) is 0 Å². The molecule has 0 N–H and O–H groups in total. The normalized spacial score (nSPS) is 13.0. The molecule has 0 heteroatoms. The lowest BCUT2D eigenvalue weighted by Crippen LogP contribution is -1.86. The summed E-state index contributed by atoms with van der Waals surface area (Å²) in [6.07, 6.45) is 7.85. The quantitative estimate of drug-likeness (QED) is 0.522. The van der Waals surface area contributed by atoms with Crippen molar-refractivity contribution < 1.29 is 0 Å². The Balaban J connectivity index is 3.91. The molecule has 0 aromatic carbocycles. The molecule has 56 valence electrons. The third-order valence-electron chi connectivity index (χ3n) is 1.52. The van der Waals surface area contributed by atoms with Gasteiger partial charge in [0.1, 0.15) is 0 Å². The van der Waals surface area contributed by atoms with Gasteiger partial charge < -0.3 is 0 Å². The van der Waals surface area contributed by atoms with Crippen molar-refractivity contribution in [2.45, 2.75) is 20.8 Å². The zero-order valence-electron chi connectivity index (χ0n) is 7.09. The maximum Gasteiger partial charge on any atom is -0.0260 e. The van der Waals surface area contributed by atoms with Gasteiger partial charge in [0.15, 0.2) is 0 Å². The zero-order chi connectivity index (χ0) is 7.98. The molecule has 0 amide bonds. The molecule has 0 nitrogen and oxygen atoms in total. The van der Waals surface area contributed by atoms with Crippen LogP contribution in [0.25, 0.3) is 0 Å². The summed E-state index contributed by atoms with van der Waals surface area (Å²) >= 11 is 0. The Morgan fingerprint density at radius 2 is 1.90 bits per heavy atom. The van der Waals surface area contributed by atoms with Crippen LogP contribution in [0.5, 0.6) is 0 Å². The van der Waals surface area contributed by atoms with Crippen LogP contribution in [0, 0.1) is 5.92 Å². The van der Waals surface area contributed by atoms with Crippen molar-refractivity contribution in [3.05, 3.63) is 36.5 Å². The fourth-order valence-electron chi connectivity index (χ4n) is 0.478. The highest BCUT2D eigenvalue weighted by Crippen LogP contribution is 2.06. The molecule has 0 aliphatic rings. The van der Waals surface area contributed by atoms with Crippen molar-refractivity contribution in [3.8, 4) is 0 Å². The van der Waals surface area contributed by atoms with Gasteiger partial charge in [0.2, 0.25) is 0 Å². The molecule has 0 aliphatic heterocycles. The second-order valence-corrected chi connectivity index (χ2v) is 2.69. The molecule has 0 rings (SSSR count). The van der Waals surface area contributed by atoms with Crippen molar-refractivity contribution in [2.24, 2.45) is 5.92 Å². The predicted octanol–water partition coefficient (Wildman–Crippen LogP) is 3.33. The molecule has 0 bridgehead atoms. The van der Waals surface area contributed by atoms with Crippen molar-refractivity contribution in [1.82, 2.24) is 0 Å². The summed E-state index contributed by atoms with van der Waals surface area (Å²) in [5, 5.41) is 0. The van der Waals surface area contributed by atoms with Gasteiger partial charge in [-0.1, -0.05) is 50.3 Å². The maximum atomic E-state index is 3.59. The van der Waals surface area contributed by atoms with Crippen molar-refractivity contribution in [1.29, 1.82) is 0 Å². The largest absolute Gasteiger partial charge is 0.0991 e. The monoisotopic (exact) mass is 136 g/mol. The van der Waals surface area contributed by atoms with Crippen LogP contribution in [0.15, 0.2) is 36.5 Å². The second kappa shape index (κ2) is 5.04. The minimum absolute atomic E-state index is 0.648. The first-order valence-corrected chi connectivity index (χ1v) is 3.64. The van der Waals surface area contributed by atoms with Gasteiger partial charge in [-0.25, -0.2) is 0 Å². The van der Waals surface area contributed by atoms with Crippen LogP contribution in [-0.2, 0) is 0 Å². The second-order valence-electron chi connectivity index (χ2n) is 2.69. The molecular formula is C10H16. The van der Waals surface area contributed by atoms with Gasteiger partial charge in [0, 0.05) is 0 Å². The van der Waals surface area contributed by atoms with Crippen molar-refractivity contribution >= 4 is 0 Å². The van der Waals surface area contributed by atoms with Gasteiger partial charge in [0.05, 0.1) is 0 Å². The number of hydrogen-bond acceptors (Lipinski definition) is 0. The Morgan fingerprint density at radius 1 is 1.30 bits per heavy atom. The van der Waals surface area contributed by atoms with Crippen molar-refractivity contribution in [3.63, 3.8) is 0 Å². The van der Waals surface area contributed by atoms with Crippen LogP contribution in [0.3, 0.4) is 0 Å².